The predicted molar refractivity (Wildman–Crippen MR) is 201 cm³/mol. The van der Waals surface area contributed by atoms with Crippen LogP contribution >= 0.6 is 31.2 Å². The Bertz CT molecular complexity index is 1500. The van der Waals surface area contributed by atoms with Crippen molar-refractivity contribution in [3.05, 3.63) is 6.33 Å². The lowest BCUT2D eigenvalue weighted by molar-refractivity contribution is -0.148. The fraction of sp³-hybridized carbons (Fsp3) is 0.781. The summed E-state index contributed by atoms with van der Waals surface area (Å²) in [7, 11) is -2.98. The first kappa shape index (κ1) is 44.2. The number of imidazole rings is 1. The van der Waals surface area contributed by atoms with E-state index in [-0.39, 0.29) is 59.9 Å². The number of hydrogen-bond acceptors (Lipinski definition) is 16. The van der Waals surface area contributed by atoms with Crippen LogP contribution in [0.3, 0.4) is 0 Å². The van der Waals surface area contributed by atoms with Crippen molar-refractivity contribution in [1.82, 2.24) is 29.7 Å². The van der Waals surface area contributed by atoms with Crippen molar-refractivity contribution < 1.29 is 47.8 Å². The molecule has 0 unspecified atom stereocenters. The molecule has 3 heterocycles. The monoisotopic (exact) mass is 793 g/mol. The Hall–Kier alpha value is -2.22. The normalized spacial score (nSPS) is 22.3. The number of rotatable bonds is 19. The van der Waals surface area contributed by atoms with E-state index in [4.69, 9.17) is 29.2 Å². The molecule has 1 aliphatic rings. The number of nitrogen functional groups attached to an aromatic ring is 1. The number of nitrogens with two attached hydrogens (primary N) is 1. The maximum Gasteiger partial charge on any atom is 0.342 e. The Labute approximate surface area is 314 Å². The molecule has 52 heavy (non-hydrogen) atoms. The number of thioether (sulfide) groups is 2. The van der Waals surface area contributed by atoms with Crippen LogP contribution in [0.15, 0.2) is 6.33 Å². The Morgan fingerprint density at radius 2 is 1.56 bits per heavy atom. The molecule has 296 valence electrons. The van der Waals surface area contributed by atoms with Gasteiger partial charge in [-0.2, -0.15) is 33.5 Å². The number of aromatic nitrogens is 4. The largest absolute Gasteiger partial charge is 0.479 e. The van der Waals surface area contributed by atoms with Crippen molar-refractivity contribution >= 4 is 60.2 Å². The van der Waals surface area contributed by atoms with Crippen LogP contribution in [0.2, 0.25) is 0 Å². The second-order valence-electron chi connectivity index (χ2n) is 15.2. The quantitative estimate of drug-likeness (QED) is 0.102. The minimum absolute atomic E-state index is 0.103. The highest BCUT2D eigenvalue weighted by Gasteiger charge is 2.54. The van der Waals surface area contributed by atoms with Gasteiger partial charge in [-0.25, -0.2) is 15.2 Å². The van der Waals surface area contributed by atoms with Crippen LogP contribution in [-0.2, 0) is 32.9 Å². The molecule has 17 nitrogen and oxygen atoms in total. The third-order valence-corrected chi connectivity index (χ3v) is 10.9. The summed E-state index contributed by atoms with van der Waals surface area (Å²) in [6, 6.07) is -2.19. The third-order valence-electron chi connectivity index (χ3n) is 7.76. The van der Waals surface area contributed by atoms with E-state index < -0.39 is 62.3 Å². The van der Waals surface area contributed by atoms with E-state index in [2.05, 4.69) is 25.1 Å². The summed E-state index contributed by atoms with van der Waals surface area (Å²) in [6.07, 6.45) is 1.44. The van der Waals surface area contributed by atoms with Crippen molar-refractivity contribution in [2.24, 2.45) is 10.8 Å². The molecule has 0 aromatic carbocycles. The Morgan fingerprint density at radius 3 is 2.02 bits per heavy atom. The van der Waals surface area contributed by atoms with Gasteiger partial charge in [0.2, 0.25) is 11.8 Å². The fourth-order valence-electron chi connectivity index (χ4n) is 5.02. The lowest BCUT2D eigenvalue weighted by Gasteiger charge is -2.30. The van der Waals surface area contributed by atoms with Crippen LogP contribution in [0, 0.1) is 10.8 Å². The van der Waals surface area contributed by atoms with Crippen LogP contribution in [0.5, 0.6) is 5.88 Å². The topological polar surface area (TPSA) is 231 Å². The first-order valence-corrected chi connectivity index (χ1v) is 21.3. The molecule has 3 rings (SSSR count). The number of esters is 2. The van der Waals surface area contributed by atoms with Gasteiger partial charge in [-0.05, 0) is 54.6 Å². The van der Waals surface area contributed by atoms with Crippen molar-refractivity contribution in [3.63, 3.8) is 0 Å². The molecule has 6 atom stereocenters. The molecule has 1 fully saturated rings. The molecular weight excluding hydrogens is 737 g/mol. The van der Waals surface area contributed by atoms with Gasteiger partial charge in [-0.1, -0.05) is 41.5 Å². The summed E-state index contributed by atoms with van der Waals surface area (Å²) in [5.41, 5.74) is 3.70. The highest BCUT2D eigenvalue weighted by Crippen LogP contribution is 2.45. The van der Waals surface area contributed by atoms with E-state index in [1.807, 2.05) is 54.1 Å². The molecule has 20 heteroatoms. The van der Waals surface area contributed by atoms with Gasteiger partial charge >= 0.3 is 19.6 Å². The first-order valence-electron chi connectivity index (χ1n) is 16.9. The van der Waals surface area contributed by atoms with E-state index in [1.165, 1.54) is 48.5 Å². The smallest absolute Gasteiger partial charge is 0.342 e. The lowest BCUT2D eigenvalue weighted by Crippen LogP contribution is -2.47. The molecule has 2 aromatic rings. The summed E-state index contributed by atoms with van der Waals surface area (Å²) < 4.78 is 44.8. The SMILES string of the molecule is COc1nc(N)nc2c1ncn2[C@@H]1O[C@H](COP(=O)(N[C@@H](CCSC)C(=O)OCC(C)(C)C)N[C@@H](CCSC)C(=O)OCC(C)(C)C)[C@@H](O)[C@@]1(C)O. The Morgan fingerprint density at radius 1 is 1.04 bits per heavy atom. The average molecular weight is 794 g/mol. The summed E-state index contributed by atoms with van der Waals surface area (Å²) in [5.74, 6) is -0.275. The molecule has 2 aromatic heterocycles. The maximum atomic E-state index is 14.9. The van der Waals surface area contributed by atoms with E-state index in [0.717, 1.165) is 0 Å². The van der Waals surface area contributed by atoms with Crippen LogP contribution < -0.4 is 20.6 Å². The van der Waals surface area contributed by atoms with E-state index in [1.54, 1.807) is 0 Å². The molecule has 1 saturated heterocycles. The number of aliphatic hydroxyl groups is 2. The van der Waals surface area contributed by atoms with Crippen molar-refractivity contribution in [2.45, 2.75) is 97.4 Å². The molecule has 1 aliphatic heterocycles. The van der Waals surface area contributed by atoms with Crippen LogP contribution in [-0.4, -0.2) is 123 Å². The maximum absolute atomic E-state index is 14.9. The van der Waals surface area contributed by atoms with Gasteiger partial charge in [-0.15, -0.1) is 0 Å². The zero-order valence-corrected chi connectivity index (χ0v) is 34.2. The van der Waals surface area contributed by atoms with Gasteiger partial charge in [0, 0.05) is 0 Å². The fourth-order valence-corrected chi connectivity index (χ4v) is 7.83. The molecule has 0 spiro atoms. The number of ether oxygens (including phenoxy) is 4. The minimum atomic E-state index is -4.37. The zero-order chi connectivity index (χ0) is 39.1. The third kappa shape index (κ3) is 12.1. The van der Waals surface area contributed by atoms with Gasteiger partial charge in [0.15, 0.2) is 17.4 Å². The molecule has 0 radical (unpaired) electrons. The molecular formula is C32H56N7O10PS2. The number of carbonyl (C=O) groups is 2. The molecule has 0 aliphatic carbocycles. The summed E-state index contributed by atoms with van der Waals surface area (Å²) in [4.78, 5) is 39.3. The number of methoxy groups -OCH3 is 1. The summed E-state index contributed by atoms with van der Waals surface area (Å²) in [5, 5.41) is 28.5. The molecule has 6 N–H and O–H groups in total. The van der Waals surface area contributed by atoms with Crippen molar-refractivity contribution in [2.75, 3.05) is 56.7 Å². The van der Waals surface area contributed by atoms with E-state index in [9.17, 15) is 24.4 Å². The van der Waals surface area contributed by atoms with E-state index in [0.29, 0.717) is 11.5 Å². The number of hydrogen-bond donors (Lipinski definition) is 5. The Balaban J connectivity index is 1.96. The second kappa shape index (κ2) is 18.4. The van der Waals surface area contributed by atoms with Gasteiger partial charge in [0.1, 0.15) is 29.9 Å². The first-order chi connectivity index (χ1) is 24.1. The summed E-state index contributed by atoms with van der Waals surface area (Å²) >= 11 is 2.97. The molecule has 0 saturated carbocycles. The number of nitrogens with zero attached hydrogens (tertiary/aromatic N) is 4. The van der Waals surface area contributed by atoms with Crippen molar-refractivity contribution in [1.29, 1.82) is 0 Å². The predicted octanol–water partition coefficient (Wildman–Crippen LogP) is 3.15. The zero-order valence-electron chi connectivity index (χ0n) is 31.7. The number of nitrogens with one attached hydrogen (secondary N) is 2. The number of aliphatic hydroxyl groups excluding tert-OH is 1. The average Bonchev–Trinajstić information content (AvgIpc) is 3.57. The minimum Gasteiger partial charge on any atom is -0.479 e. The van der Waals surface area contributed by atoms with Gasteiger partial charge in [-0.3, -0.25) is 18.7 Å². The molecule has 0 amide bonds. The van der Waals surface area contributed by atoms with Gasteiger partial charge < -0.3 is 39.4 Å². The van der Waals surface area contributed by atoms with Crippen LogP contribution in [0.4, 0.5) is 5.95 Å². The van der Waals surface area contributed by atoms with Gasteiger partial charge in [0.05, 0.1) is 33.3 Å². The Kier molecular flexibility index (Phi) is 15.6. The second-order valence-corrected chi connectivity index (χ2v) is 19.1. The number of carbonyl (C=O) groups excluding carboxylic acids is 2. The van der Waals surface area contributed by atoms with Gasteiger partial charge in [0.25, 0.3) is 0 Å². The number of anilines is 1. The van der Waals surface area contributed by atoms with Crippen LogP contribution in [0.1, 0.15) is 67.5 Å². The highest BCUT2D eigenvalue weighted by molar-refractivity contribution is 7.98. The van der Waals surface area contributed by atoms with Crippen molar-refractivity contribution in [3.8, 4) is 5.88 Å². The highest BCUT2D eigenvalue weighted by atomic mass is 32.2. The standard InChI is InChI=1S/C32H56N7O10PS2/c1-30(2,3)16-46-26(41)19(11-13-51-9)37-50(44,38-20(12-14-52-10)27(42)47-17-31(4,5)6)48-15-21-23(40)32(7,43)28(49-21)39-18-34-22-24(39)35-29(33)36-25(22)45-8/h18-21,23,28,40,43H,11-17H2,1-10H3,(H2,33,35,36)(H2,37,38,44)/t19-,20-,21+,23+,28+,32+/m0/s1. The van der Waals surface area contributed by atoms with E-state index >= 15 is 0 Å². The van der Waals surface area contributed by atoms with Crippen LogP contribution in [0.25, 0.3) is 11.2 Å². The summed E-state index contributed by atoms with van der Waals surface area (Å²) in [6.45, 7) is 12.5. The molecule has 0 bridgehead atoms. The lowest BCUT2D eigenvalue weighted by atomic mass is 9.96. The number of fused-ring (bicyclic) bond motifs is 1.